The van der Waals surface area contributed by atoms with Gasteiger partial charge in [0.15, 0.2) is 0 Å². The maximum Gasteiger partial charge on any atom is 0.256 e. The minimum absolute atomic E-state index is 0.0548. The van der Waals surface area contributed by atoms with Gasteiger partial charge in [-0.3, -0.25) is 9.59 Å². The summed E-state index contributed by atoms with van der Waals surface area (Å²) in [4.78, 5) is 28.7. The molecule has 0 unspecified atom stereocenters. The molecule has 4 rings (SSSR count). The molecule has 3 heterocycles. The van der Waals surface area contributed by atoms with E-state index in [1.165, 1.54) is 6.92 Å². The van der Waals surface area contributed by atoms with E-state index in [9.17, 15) is 9.59 Å². The molecule has 24 heavy (non-hydrogen) atoms. The number of rotatable bonds is 2. The van der Waals surface area contributed by atoms with Gasteiger partial charge in [-0.1, -0.05) is 18.2 Å². The fraction of sp³-hybridized carbons (Fsp3) is 0.211. The normalized spacial score (nSPS) is 12.1. The maximum absolute atomic E-state index is 12.8. The van der Waals surface area contributed by atoms with Crippen LogP contribution in [0.3, 0.4) is 0 Å². The van der Waals surface area contributed by atoms with Crippen LogP contribution in [-0.2, 0) is 17.9 Å². The monoisotopic (exact) mass is 319 g/mol. The second-order valence-electron chi connectivity index (χ2n) is 6.18. The van der Waals surface area contributed by atoms with Crippen LogP contribution in [-0.4, -0.2) is 15.5 Å². The van der Waals surface area contributed by atoms with Crippen LogP contribution in [0.4, 0.5) is 0 Å². The molecule has 5 heteroatoms. The number of aryl methyl sites for hydroxylation is 1. The van der Waals surface area contributed by atoms with E-state index in [-0.39, 0.29) is 18.0 Å². The molecule has 120 valence electrons. The van der Waals surface area contributed by atoms with Gasteiger partial charge in [-0.25, -0.2) is 4.98 Å². The highest BCUT2D eigenvalue weighted by Crippen LogP contribution is 2.32. The number of carbonyl (C=O) groups excluding carboxylic acids is 1. The Kier molecular flexibility index (Phi) is 3.23. The minimum Gasteiger partial charge on any atom is -0.352 e. The van der Waals surface area contributed by atoms with Crippen molar-refractivity contribution in [2.45, 2.75) is 26.9 Å². The lowest BCUT2D eigenvalue weighted by atomic mass is 10.1. The number of hydrogen-bond donors (Lipinski definition) is 1. The zero-order valence-corrected chi connectivity index (χ0v) is 13.6. The first kappa shape index (κ1) is 14.6. The maximum atomic E-state index is 12.8. The quantitative estimate of drug-likeness (QED) is 0.617. The number of aromatic nitrogens is 2. The molecule has 2 aromatic heterocycles. The SMILES string of the molecule is CC(=O)NCc1c(C)cc2n(c1=O)Cc1cc3ccccc3nc1-2. The summed E-state index contributed by atoms with van der Waals surface area (Å²) < 4.78 is 1.75. The van der Waals surface area contributed by atoms with Crippen molar-refractivity contribution in [3.8, 4) is 11.4 Å². The second-order valence-corrected chi connectivity index (χ2v) is 6.18. The third-order valence-electron chi connectivity index (χ3n) is 4.51. The molecule has 1 aliphatic heterocycles. The molecule has 0 saturated heterocycles. The van der Waals surface area contributed by atoms with E-state index in [0.717, 1.165) is 33.4 Å². The number of nitrogens with zero attached hydrogens (tertiary/aromatic N) is 2. The summed E-state index contributed by atoms with van der Waals surface area (Å²) in [5.41, 5.74) is 5.17. The van der Waals surface area contributed by atoms with Crippen molar-refractivity contribution >= 4 is 16.8 Å². The summed E-state index contributed by atoms with van der Waals surface area (Å²) in [6.45, 7) is 4.13. The number of hydrogen-bond acceptors (Lipinski definition) is 3. The lowest BCUT2D eigenvalue weighted by Crippen LogP contribution is -2.29. The molecule has 3 aromatic rings. The fourth-order valence-corrected chi connectivity index (χ4v) is 3.26. The van der Waals surface area contributed by atoms with Crippen LogP contribution in [0, 0.1) is 6.92 Å². The second kappa shape index (κ2) is 5.30. The van der Waals surface area contributed by atoms with E-state index >= 15 is 0 Å². The van der Waals surface area contributed by atoms with E-state index in [4.69, 9.17) is 4.98 Å². The van der Waals surface area contributed by atoms with Crippen molar-refractivity contribution in [1.29, 1.82) is 0 Å². The Bertz CT molecular complexity index is 1050. The number of nitrogens with one attached hydrogen (secondary N) is 1. The highest BCUT2D eigenvalue weighted by molar-refractivity contribution is 5.84. The lowest BCUT2D eigenvalue weighted by molar-refractivity contribution is -0.119. The molecule has 0 fully saturated rings. The van der Waals surface area contributed by atoms with Crippen LogP contribution < -0.4 is 10.9 Å². The first-order chi connectivity index (χ1) is 11.5. The highest BCUT2D eigenvalue weighted by atomic mass is 16.1. The lowest BCUT2D eigenvalue weighted by Gasteiger charge is -2.10. The van der Waals surface area contributed by atoms with Crippen molar-refractivity contribution < 1.29 is 4.79 Å². The van der Waals surface area contributed by atoms with Gasteiger partial charge in [-0.15, -0.1) is 0 Å². The molecule has 1 amide bonds. The molecule has 0 spiro atoms. The Morgan fingerprint density at radius 2 is 2.08 bits per heavy atom. The predicted octanol–water partition coefficient (Wildman–Crippen LogP) is 2.37. The van der Waals surface area contributed by atoms with E-state index in [1.54, 1.807) is 4.57 Å². The first-order valence-electron chi connectivity index (χ1n) is 7.91. The summed E-state index contributed by atoms with van der Waals surface area (Å²) in [7, 11) is 0. The van der Waals surface area contributed by atoms with Crippen molar-refractivity contribution in [2.24, 2.45) is 0 Å². The number of amides is 1. The Labute approximate surface area is 139 Å². The largest absolute Gasteiger partial charge is 0.352 e. The molecule has 5 nitrogen and oxygen atoms in total. The topological polar surface area (TPSA) is 64.0 Å². The van der Waals surface area contributed by atoms with Crippen molar-refractivity contribution in [3.63, 3.8) is 0 Å². The zero-order chi connectivity index (χ0) is 16.8. The zero-order valence-electron chi connectivity index (χ0n) is 13.6. The third-order valence-corrected chi connectivity index (χ3v) is 4.51. The molecular weight excluding hydrogens is 302 g/mol. The Morgan fingerprint density at radius 1 is 1.29 bits per heavy atom. The molecule has 1 aromatic carbocycles. The van der Waals surface area contributed by atoms with Gasteiger partial charge in [0.2, 0.25) is 5.91 Å². The summed E-state index contributed by atoms with van der Waals surface area (Å²) in [5, 5.41) is 3.79. The Morgan fingerprint density at radius 3 is 2.88 bits per heavy atom. The molecule has 1 aliphatic rings. The van der Waals surface area contributed by atoms with Crippen LogP contribution in [0.2, 0.25) is 0 Å². The van der Waals surface area contributed by atoms with Crippen LogP contribution in [0.25, 0.3) is 22.3 Å². The number of fused-ring (bicyclic) bond motifs is 4. The first-order valence-corrected chi connectivity index (χ1v) is 7.91. The van der Waals surface area contributed by atoms with E-state index in [0.29, 0.717) is 12.1 Å². The molecule has 0 atom stereocenters. The van der Waals surface area contributed by atoms with Gasteiger partial charge in [-0.2, -0.15) is 0 Å². The standard InChI is InChI=1S/C19H17N3O2/c1-11-7-17-18-14(8-13-5-3-4-6-16(13)21-18)10-22(17)19(24)15(11)9-20-12(2)23/h3-8H,9-10H2,1-2H3,(H,20,23). The van der Waals surface area contributed by atoms with Crippen molar-refractivity contribution in [1.82, 2.24) is 14.9 Å². The summed E-state index contributed by atoms with van der Waals surface area (Å²) in [5.74, 6) is -0.143. The number of benzene rings is 1. The number of pyridine rings is 2. The van der Waals surface area contributed by atoms with Gasteiger partial charge >= 0.3 is 0 Å². The van der Waals surface area contributed by atoms with Gasteiger partial charge in [0.25, 0.3) is 5.56 Å². The van der Waals surface area contributed by atoms with Crippen LogP contribution >= 0.6 is 0 Å². The van der Waals surface area contributed by atoms with Gasteiger partial charge in [0.05, 0.1) is 23.4 Å². The molecule has 0 bridgehead atoms. The predicted molar refractivity (Wildman–Crippen MR) is 92.8 cm³/mol. The molecule has 0 saturated carbocycles. The Balaban J connectivity index is 1.87. The van der Waals surface area contributed by atoms with Gasteiger partial charge in [0, 0.05) is 30.0 Å². The fourth-order valence-electron chi connectivity index (χ4n) is 3.26. The van der Waals surface area contributed by atoms with E-state index in [1.807, 2.05) is 37.3 Å². The van der Waals surface area contributed by atoms with Crippen LogP contribution in [0.15, 0.2) is 41.2 Å². The molecule has 1 N–H and O–H groups in total. The highest BCUT2D eigenvalue weighted by Gasteiger charge is 2.24. The minimum atomic E-state index is -0.143. The molecule has 0 radical (unpaired) electrons. The summed E-state index contributed by atoms with van der Waals surface area (Å²) >= 11 is 0. The number of carbonyl (C=O) groups is 1. The third kappa shape index (κ3) is 2.21. The van der Waals surface area contributed by atoms with E-state index < -0.39 is 0 Å². The van der Waals surface area contributed by atoms with Gasteiger partial charge in [-0.05, 0) is 30.7 Å². The number of para-hydroxylation sites is 1. The van der Waals surface area contributed by atoms with E-state index in [2.05, 4.69) is 11.4 Å². The van der Waals surface area contributed by atoms with Crippen LogP contribution in [0.5, 0.6) is 0 Å². The molecule has 0 aliphatic carbocycles. The summed E-state index contributed by atoms with van der Waals surface area (Å²) in [6.07, 6.45) is 0. The summed E-state index contributed by atoms with van der Waals surface area (Å²) in [6, 6.07) is 12.1. The average molecular weight is 319 g/mol. The average Bonchev–Trinajstić information content (AvgIpc) is 2.90. The smallest absolute Gasteiger partial charge is 0.256 e. The van der Waals surface area contributed by atoms with Gasteiger partial charge < -0.3 is 9.88 Å². The Hall–Kier alpha value is -2.95. The van der Waals surface area contributed by atoms with Crippen LogP contribution in [0.1, 0.15) is 23.6 Å². The van der Waals surface area contributed by atoms with Crippen molar-refractivity contribution in [3.05, 3.63) is 63.4 Å². The molecular formula is C19H17N3O2. The van der Waals surface area contributed by atoms with Crippen molar-refractivity contribution in [2.75, 3.05) is 0 Å². The van der Waals surface area contributed by atoms with Gasteiger partial charge in [0.1, 0.15) is 0 Å².